The predicted molar refractivity (Wildman–Crippen MR) is 87.4 cm³/mol. The zero-order chi connectivity index (χ0) is 15.0. The van der Waals surface area contributed by atoms with Crippen LogP contribution in [0.15, 0.2) is 18.2 Å². The Kier molecular flexibility index (Phi) is 7.63. The average Bonchev–Trinajstić information content (AvgIpc) is 2.41. The first kappa shape index (κ1) is 17.0. The van der Waals surface area contributed by atoms with Crippen molar-refractivity contribution in [1.82, 2.24) is 5.32 Å². The lowest BCUT2D eigenvalue weighted by Crippen LogP contribution is -2.33. The fourth-order valence-electron chi connectivity index (χ4n) is 2.43. The molecule has 0 aliphatic carbocycles. The zero-order valence-corrected chi connectivity index (χ0v) is 13.4. The standard InChI is InChI=1S/C17H30N2O/c1-5-9-18-13-16-12-15(4)7-8-17(16)19(14(2)3)10-6-11-20/h7-8,12,14,18,20H,5-6,9-11,13H2,1-4H3. The first-order chi connectivity index (χ1) is 9.60. The highest BCUT2D eigenvalue weighted by Gasteiger charge is 2.14. The summed E-state index contributed by atoms with van der Waals surface area (Å²) >= 11 is 0. The summed E-state index contributed by atoms with van der Waals surface area (Å²) in [7, 11) is 0. The van der Waals surface area contributed by atoms with Crippen molar-refractivity contribution in [1.29, 1.82) is 0 Å². The molecule has 3 heteroatoms. The summed E-state index contributed by atoms with van der Waals surface area (Å²) in [6, 6.07) is 7.10. The minimum Gasteiger partial charge on any atom is -0.396 e. The summed E-state index contributed by atoms with van der Waals surface area (Å²) in [6.45, 7) is 11.8. The summed E-state index contributed by atoms with van der Waals surface area (Å²) in [5, 5.41) is 12.6. The van der Waals surface area contributed by atoms with E-state index in [-0.39, 0.29) is 6.61 Å². The summed E-state index contributed by atoms with van der Waals surface area (Å²) in [5.74, 6) is 0. The Morgan fingerprint density at radius 1 is 1.30 bits per heavy atom. The van der Waals surface area contributed by atoms with E-state index < -0.39 is 0 Å². The molecule has 0 heterocycles. The molecule has 0 amide bonds. The van der Waals surface area contributed by atoms with Gasteiger partial charge in [-0.2, -0.15) is 0 Å². The van der Waals surface area contributed by atoms with Gasteiger partial charge in [0.05, 0.1) is 0 Å². The highest BCUT2D eigenvalue weighted by molar-refractivity contribution is 5.55. The quantitative estimate of drug-likeness (QED) is 0.681. The lowest BCUT2D eigenvalue weighted by atomic mass is 10.1. The average molecular weight is 278 g/mol. The van der Waals surface area contributed by atoms with E-state index in [1.54, 1.807) is 0 Å². The Morgan fingerprint density at radius 3 is 2.65 bits per heavy atom. The Morgan fingerprint density at radius 2 is 2.05 bits per heavy atom. The number of aryl methyl sites for hydroxylation is 1. The van der Waals surface area contributed by atoms with E-state index in [0.29, 0.717) is 6.04 Å². The number of aliphatic hydroxyl groups excluding tert-OH is 1. The van der Waals surface area contributed by atoms with Gasteiger partial charge in [-0.25, -0.2) is 0 Å². The van der Waals surface area contributed by atoms with Gasteiger partial charge in [0.2, 0.25) is 0 Å². The van der Waals surface area contributed by atoms with Gasteiger partial charge in [0.25, 0.3) is 0 Å². The van der Waals surface area contributed by atoms with Gasteiger partial charge in [-0.05, 0) is 51.8 Å². The zero-order valence-electron chi connectivity index (χ0n) is 13.4. The number of hydrogen-bond acceptors (Lipinski definition) is 3. The van der Waals surface area contributed by atoms with Crippen molar-refractivity contribution in [2.24, 2.45) is 0 Å². The molecule has 2 N–H and O–H groups in total. The van der Waals surface area contributed by atoms with E-state index in [0.717, 1.165) is 32.5 Å². The van der Waals surface area contributed by atoms with Crippen molar-refractivity contribution in [2.75, 3.05) is 24.6 Å². The molecule has 0 radical (unpaired) electrons. The SMILES string of the molecule is CCCNCc1cc(C)ccc1N(CCCO)C(C)C. The molecule has 20 heavy (non-hydrogen) atoms. The lowest BCUT2D eigenvalue weighted by molar-refractivity contribution is 0.288. The van der Waals surface area contributed by atoms with Crippen LogP contribution in [0.4, 0.5) is 5.69 Å². The first-order valence-electron chi connectivity index (χ1n) is 7.77. The third kappa shape index (κ3) is 5.14. The normalized spacial score (nSPS) is 11.1. The molecule has 0 aliphatic heterocycles. The molecule has 0 saturated heterocycles. The minimum atomic E-state index is 0.249. The van der Waals surface area contributed by atoms with Crippen molar-refractivity contribution in [3.8, 4) is 0 Å². The number of hydrogen-bond donors (Lipinski definition) is 2. The Labute approximate surface area is 124 Å². The van der Waals surface area contributed by atoms with Gasteiger partial charge in [0.15, 0.2) is 0 Å². The summed E-state index contributed by atoms with van der Waals surface area (Å²) in [6.07, 6.45) is 1.97. The van der Waals surface area contributed by atoms with Crippen LogP contribution in [0.3, 0.4) is 0 Å². The third-order valence-electron chi connectivity index (χ3n) is 3.47. The number of benzene rings is 1. The first-order valence-corrected chi connectivity index (χ1v) is 7.77. The van der Waals surface area contributed by atoms with E-state index >= 15 is 0 Å². The van der Waals surface area contributed by atoms with E-state index in [4.69, 9.17) is 5.11 Å². The number of aliphatic hydroxyl groups is 1. The van der Waals surface area contributed by atoms with Gasteiger partial charge in [-0.1, -0.05) is 24.6 Å². The highest BCUT2D eigenvalue weighted by Crippen LogP contribution is 2.24. The van der Waals surface area contributed by atoms with Crippen molar-refractivity contribution in [3.05, 3.63) is 29.3 Å². The fraction of sp³-hybridized carbons (Fsp3) is 0.647. The van der Waals surface area contributed by atoms with Gasteiger partial charge in [-0.15, -0.1) is 0 Å². The summed E-state index contributed by atoms with van der Waals surface area (Å²) in [4.78, 5) is 2.39. The topological polar surface area (TPSA) is 35.5 Å². The van der Waals surface area contributed by atoms with E-state index in [1.807, 2.05) is 0 Å². The molecule has 0 bridgehead atoms. The maximum Gasteiger partial charge on any atom is 0.0447 e. The molecule has 3 nitrogen and oxygen atoms in total. The molecular weight excluding hydrogens is 248 g/mol. The Hall–Kier alpha value is -1.06. The third-order valence-corrected chi connectivity index (χ3v) is 3.47. The maximum atomic E-state index is 9.09. The minimum absolute atomic E-state index is 0.249. The van der Waals surface area contributed by atoms with Crippen molar-refractivity contribution >= 4 is 5.69 Å². The summed E-state index contributed by atoms with van der Waals surface area (Å²) < 4.78 is 0. The van der Waals surface area contributed by atoms with Crippen LogP contribution in [0.25, 0.3) is 0 Å². The summed E-state index contributed by atoms with van der Waals surface area (Å²) in [5.41, 5.74) is 3.95. The van der Waals surface area contributed by atoms with E-state index in [9.17, 15) is 0 Å². The van der Waals surface area contributed by atoms with Crippen LogP contribution in [0.2, 0.25) is 0 Å². The van der Waals surface area contributed by atoms with Gasteiger partial charge in [-0.3, -0.25) is 0 Å². The molecule has 1 rings (SSSR count). The van der Waals surface area contributed by atoms with Gasteiger partial charge >= 0.3 is 0 Å². The molecule has 1 aromatic carbocycles. The van der Waals surface area contributed by atoms with E-state index in [2.05, 4.69) is 56.1 Å². The van der Waals surface area contributed by atoms with Crippen LogP contribution in [-0.4, -0.2) is 30.8 Å². The van der Waals surface area contributed by atoms with Crippen LogP contribution in [0.1, 0.15) is 44.7 Å². The fourth-order valence-corrected chi connectivity index (χ4v) is 2.43. The largest absolute Gasteiger partial charge is 0.396 e. The molecule has 0 aromatic heterocycles. The molecule has 0 fully saturated rings. The Balaban J connectivity index is 2.93. The molecule has 0 atom stereocenters. The second kappa shape index (κ2) is 8.98. The van der Waals surface area contributed by atoms with Crippen LogP contribution < -0.4 is 10.2 Å². The van der Waals surface area contributed by atoms with Gasteiger partial charge in [0.1, 0.15) is 0 Å². The number of nitrogens with zero attached hydrogens (tertiary/aromatic N) is 1. The maximum absolute atomic E-state index is 9.09. The van der Waals surface area contributed by atoms with E-state index in [1.165, 1.54) is 16.8 Å². The highest BCUT2D eigenvalue weighted by atomic mass is 16.3. The molecule has 0 saturated carbocycles. The Bertz CT molecular complexity index is 391. The molecule has 0 unspecified atom stereocenters. The van der Waals surface area contributed by atoms with Crippen LogP contribution >= 0.6 is 0 Å². The van der Waals surface area contributed by atoms with Crippen LogP contribution in [0.5, 0.6) is 0 Å². The second-order valence-corrected chi connectivity index (χ2v) is 5.67. The molecule has 0 spiro atoms. The lowest BCUT2D eigenvalue weighted by Gasteiger charge is -2.31. The molecule has 1 aromatic rings. The predicted octanol–water partition coefficient (Wildman–Crippen LogP) is 3.09. The molecule has 114 valence electrons. The van der Waals surface area contributed by atoms with Crippen LogP contribution in [0, 0.1) is 6.92 Å². The van der Waals surface area contributed by atoms with Crippen LogP contribution in [-0.2, 0) is 6.54 Å². The van der Waals surface area contributed by atoms with Gasteiger partial charge < -0.3 is 15.3 Å². The monoisotopic (exact) mass is 278 g/mol. The van der Waals surface area contributed by atoms with Crippen molar-refractivity contribution in [3.63, 3.8) is 0 Å². The molecular formula is C17H30N2O. The smallest absolute Gasteiger partial charge is 0.0447 e. The van der Waals surface area contributed by atoms with Crippen molar-refractivity contribution in [2.45, 2.75) is 53.1 Å². The second-order valence-electron chi connectivity index (χ2n) is 5.67. The van der Waals surface area contributed by atoms with Gasteiger partial charge in [0, 0.05) is 31.4 Å². The molecule has 0 aliphatic rings. The number of nitrogens with one attached hydrogen (secondary N) is 1. The number of anilines is 1. The van der Waals surface area contributed by atoms with Crippen molar-refractivity contribution < 1.29 is 5.11 Å². The number of rotatable bonds is 9.